The predicted octanol–water partition coefficient (Wildman–Crippen LogP) is 7.20. The first kappa shape index (κ1) is 24.6. The van der Waals surface area contributed by atoms with Crippen molar-refractivity contribution in [3.05, 3.63) is 53.9 Å². The smallest absolute Gasteiger partial charge is 0.123 e. The van der Waals surface area contributed by atoms with Gasteiger partial charge >= 0.3 is 0 Å². The minimum atomic E-state index is -1.32. The number of pyridine rings is 1. The fraction of sp³-hybridized carbons (Fsp3) is 0.656. The van der Waals surface area contributed by atoms with E-state index in [0.717, 1.165) is 54.9 Å². The topological polar surface area (TPSA) is 36.4 Å². The zero-order valence-electron chi connectivity index (χ0n) is 22.1. The Kier molecular flexibility index (Phi) is 6.49. The summed E-state index contributed by atoms with van der Waals surface area (Å²) in [6.07, 6.45) is 16.9. The summed E-state index contributed by atoms with van der Waals surface area (Å²) in [5, 5.41) is 14.5. The van der Waals surface area contributed by atoms with Gasteiger partial charge in [0.25, 0.3) is 0 Å². The molecule has 1 aromatic carbocycles. The standard InChI is InChI=1S/C32H43FN2O/c1-3-4-17-35(2)28-8-7-23-19-27-12-14-31(33)29(25-6-5-22-13-16-34-21-26(22)18-25)9-10-30(31)32(27,36)15-11-24(23)20-28/h5-6,13,16,18-19,21,24,27-30,36H,3-4,7-12,14-15,17,20H2,1-2H3/t24?,27?,28?,29?,30?,31?,32-/m1/s1. The maximum absolute atomic E-state index is 17.1. The number of halogens is 1. The Morgan fingerprint density at radius 3 is 2.83 bits per heavy atom. The molecule has 6 unspecified atom stereocenters. The van der Waals surface area contributed by atoms with Crippen LogP contribution >= 0.6 is 0 Å². The fourth-order valence-electron chi connectivity index (χ4n) is 8.62. The second-order valence-corrected chi connectivity index (χ2v) is 12.5. The molecule has 1 N–H and O–H groups in total. The Balaban J connectivity index is 1.23. The van der Waals surface area contributed by atoms with Crippen LogP contribution in [0, 0.1) is 17.8 Å². The number of nitrogens with zero attached hydrogens (tertiary/aromatic N) is 2. The highest BCUT2D eigenvalue weighted by atomic mass is 19.1. The molecule has 0 spiro atoms. The van der Waals surface area contributed by atoms with E-state index in [4.69, 9.17) is 0 Å². The molecule has 4 heteroatoms. The Hall–Kier alpha value is -1.78. The Bertz CT molecular complexity index is 1130. The fourth-order valence-corrected chi connectivity index (χ4v) is 8.62. The van der Waals surface area contributed by atoms with Crippen molar-refractivity contribution in [3.8, 4) is 0 Å². The van der Waals surface area contributed by atoms with Gasteiger partial charge in [-0.1, -0.05) is 37.1 Å². The second kappa shape index (κ2) is 9.51. The largest absolute Gasteiger partial charge is 0.389 e. The van der Waals surface area contributed by atoms with Crippen LogP contribution < -0.4 is 0 Å². The van der Waals surface area contributed by atoms with E-state index in [2.05, 4.69) is 48.1 Å². The molecule has 4 aliphatic carbocycles. The van der Waals surface area contributed by atoms with Crippen LogP contribution in [0.15, 0.2) is 48.3 Å². The van der Waals surface area contributed by atoms with Crippen molar-refractivity contribution in [2.24, 2.45) is 17.8 Å². The van der Waals surface area contributed by atoms with Crippen LogP contribution in [-0.2, 0) is 0 Å². The van der Waals surface area contributed by atoms with Gasteiger partial charge in [0.2, 0.25) is 0 Å². The zero-order valence-corrected chi connectivity index (χ0v) is 22.1. The molecule has 194 valence electrons. The average Bonchev–Trinajstić information content (AvgIpc) is 3.18. The molecule has 36 heavy (non-hydrogen) atoms. The van der Waals surface area contributed by atoms with Crippen LogP contribution in [0.2, 0.25) is 0 Å². The maximum atomic E-state index is 17.1. The number of fused-ring (bicyclic) bond motifs is 5. The number of hydrogen-bond acceptors (Lipinski definition) is 3. The van der Waals surface area contributed by atoms with Crippen molar-refractivity contribution in [2.75, 3.05) is 13.6 Å². The van der Waals surface area contributed by atoms with E-state index in [1.165, 1.54) is 32.2 Å². The molecule has 7 atom stereocenters. The molecule has 1 aromatic heterocycles. The minimum absolute atomic E-state index is 0.111. The van der Waals surface area contributed by atoms with Gasteiger partial charge < -0.3 is 10.0 Å². The highest BCUT2D eigenvalue weighted by Gasteiger charge is 2.63. The Morgan fingerprint density at radius 2 is 1.97 bits per heavy atom. The van der Waals surface area contributed by atoms with Gasteiger partial charge in [-0.15, -0.1) is 0 Å². The lowest BCUT2D eigenvalue weighted by Gasteiger charge is -2.50. The Labute approximate surface area is 216 Å². The van der Waals surface area contributed by atoms with E-state index in [1.54, 1.807) is 5.57 Å². The van der Waals surface area contributed by atoms with Crippen molar-refractivity contribution in [2.45, 2.75) is 101 Å². The number of allylic oxidation sites excluding steroid dienone is 1. The van der Waals surface area contributed by atoms with Gasteiger partial charge in [0.05, 0.1) is 5.60 Å². The molecule has 0 saturated heterocycles. The number of rotatable bonds is 5. The summed E-state index contributed by atoms with van der Waals surface area (Å²) in [6, 6.07) is 9.03. The van der Waals surface area contributed by atoms with E-state index in [9.17, 15) is 5.11 Å². The lowest BCUT2D eigenvalue weighted by Crippen LogP contribution is -2.56. The van der Waals surface area contributed by atoms with Crippen molar-refractivity contribution in [3.63, 3.8) is 0 Å². The molecule has 0 aliphatic heterocycles. The van der Waals surface area contributed by atoms with Crippen molar-refractivity contribution in [1.29, 1.82) is 0 Å². The first-order valence-electron chi connectivity index (χ1n) is 14.6. The lowest BCUT2D eigenvalue weighted by molar-refractivity contribution is -0.143. The molecule has 6 rings (SSSR count). The number of aromatic nitrogens is 1. The lowest BCUT2D eigenvalue weighted by atomic mass is 9.60. The third-order valence-electron chi connectivity index (χ3n) is 10.7. The molecular formula is C32H43FN2O. The zero-order chi connectivity index (χ0) is 24.9. The van der Waals surface area contributed by atoms with Gasteiger partial charge in [-0.25, -0.2) is 4.39 Å². The van der Waals surface area contributed by atoms with Gasteiger partial charge in [-0.3, -0.25) is 4.98 Å². The molecule has 0 radical (unpaired) electrons. The molecule has 4 aliphatic rings. The van der Waals surface area contributed by atoms with E-state index in [0.29, 0.717) is 18.4 Å². The number of benzene rings is 1. The summed E-state index contributed by atoms with van der Waals surface area (Å²) in [4.78, 5) is 6.85. The van der Waals surface area contributed by atoms with Gasteiger partial charge in [0.15, 0.2) is 0 Å². The minimum Gasteiger partial charge on any atom is -0.389 e. The Morgan fingerprint density at radius 1 is 1.08 bits per heavy atom. The maximum Gasteiger partial charge on any atom is 0.123 e. The van der Waals surface area contributed by atoms with Crippen LogP contribution in [0.1, 0.15) is 89.0 Å². The van der Waals surface area contributed by atoms with Crippen LogP contribution in [0.5, 0.6) is 0 Å². The highest BCUT2D eigenvalue weighted by Crippen LogP contribution is 2.63. The number of alkyl halides is 1. The van der Waals surface area contributed by atoms with Gasteiger partial charge in [0, 0.05) is 41.6 Å². The van der Waals surface area contributed by atoms with E-state index in [1.807, 2.05) is 18.5 Å². The monoisotopic (exact) mass is 490 g/mol. The van der Waals surface area contributed by atoms with Crippen molar-refractivity contribution < 1.29 is 9.50 Å². The second-order valence-electron chi connectivity index (χ2n) is 12.5. The first-order chi connectivity index (χ1) is 17.4. The summed E-state index contributed by atoms with van der Waals surface area (Å²) in [6.45, 7) is 3.44. The summed E-state index contributed by atoms with van der Waals surface area (Å²) in [5.41, 5.74) is 0.423. The van der Waals surface area contributed by atoms with Gasteiger partial charge in [0.1, 0.15) is 5.67 Å². The molecule has 0 amide bonds. The molecular weight excluding hydrogens is 447 g/mol. The average molecular weight is 491 g/mol. The predicted molar refractivity (Wildman–Crippen MR) is 145 cm³/mol. The number of unbranched alkanes of at least 4 members (excludes halogenated alkanes) is 1. The summed E-state index contributed by atoms with van der Waals surface area (Å²) in [7, 11) is 2.29. The SMILES string of the molecule is CCCCN(C)C1CCC2=CC3CCC4(F)C(c5ccc6ccncc6c5)CCC4[C@@]3(O)CCC2C1. The third-order valence-corrected chi connectivity index (χ3v) is 10.7. The van der Waals surface area contributed by atoms with E-state index >= 15 is 4.39 Å². The quantitative estimate of drug-likeness (QED) is 0.450. The van der Waals surface area contributed by atoms with Gasteiger partial charge in [-0.05, 0) is 107 Å². The summed E-state index contributed by atoms with van der Waals surface area (Å²) in [5.74, 6) is 0.271. The highest BCUT2D eigenvalue weighted by molar-refractivity contribution is 5.82. The van der Waals surface area contributed by atoms with Crippen molar-refractivity contribution >= 4 is 10.8 Å². The normalized spacial score (nSPS) is 38.2. The summed E-state index contributed by atoms with van der Waals surface area (Å²) >= 11 is 0. The first-order valence-corrected chi connectivity index (χ1v) is 14.6. The molecule has 3 saturated carbocycles. The van der Waals surface area contributed by atoms with Crippen molar-refractivity contribution in [1.82, 2.24) is 9.88 Å². The molecule has 1 heterocycles. The van der Waals surface area contributed by atoms with Crippen LogP contribution in [-0.4, -0.2) is 45.9 Å². The molecule has 3 fully saturated rings. The molecule has 2 aromatic rings. The van der Waals surface area contributed by atoms with Gasteiger partial charge in [-0.2, -0.15) is 0 Å². The molecule has 3 nitrogen and oxygen atoms in total. The number of aliphatic hydroxyl groups is 1. The van der Waals surface area contributed by atoms with E-state index < -0.39 is 11.3 Å². The number of hydrogen-bond donors (Lipinski definition) is 1. The summed E-state index contributed by atoms with van der Waals surface area (Å²) < 4.78 is 17.1. The molecule has 0 bridgehead atoms. The third kappa shape index (κ3) is 4.04. The van der Waals surface area contributed by atoms with E-state index in [-0.39, 0.29) is 17.8 Å². The van der Waals surface area contributed by atoms with Crippen LogP contribution in [0.25, 0.3) is 10.8 Å². The van der Waals surface area contributed by atoms with Crippen LogP contribution in [0.4, 0.5) is 4.39 Å². The van der Waals surface area contributed by atoms with Crippen LogP contribution in [0.3, 0.4) is 0 Å².